The zero-order valence-corrected chi connectivity index (χ0v) is 16.9. The molecule has 0 bridgehead atoms. The number of fused-ring (bicyclic) bond motifs is 1. The van der Waals surface area contributed by atoms with Crippen LogP contribution < -0.4 is 14.8 Å². The van der Waals surface area contributed by atoms with Crippen molar-refractivity contribution < 1.29 is 14.3 Å². The van der Waals surface area contributed by atoms with E-state index in [0.29, 0.717) is 35.0 Å². The van der Waals surface area contributed by atoms with Gasteiger partial charge in [-0.25, -0.2) is 9.50 Å². The van der Waals surface area contributed by atoms with Crippen LogP contribution in [0.1, 0.15) is 27.3 Å². The normalized spacial score (nSPS) is 10.8. The molecule has 4 rings (SSSR count). The minimum absolute atomic E-state index is 0.300. The van der Waals surface area contributed by atoms with E-state index < -0.39 is 0 Å². The number of nitrogens with one attached hydrogen (secondary N) is 1. The van der Waals surface area contributed by atoms with Crippen molar-refractivity contribution in [3.63, 3.8) is 0 Å². The molecule has 0 spiro atoms. The number of hydrogen-bond donors (Lipinski definition) is 1. The third-order valence-electron chi connectivity index (χ3n) is 4.56. The highest BCUT2D eigenvalue weighted by Crippen LogP contribution is 2.31. The maximum Gasteiger partial charge on any atom is 0.261 e. The molecular weight excluding hydrogens is 382 g/mol. The Morgan fingerprint density at radius 3 is 2.77 bits per heavy atom. The summed E-state index contributed by atoms with van der Waals surface area (Å²) < 4.78 is 12.9. The smallest absolute Gasteiger partial charge is 0.261 e. The van der Waals surface area contributed by atoms with E-state index in [9.17, 15) is 4.79 Å². The summed E-state index contributed by atoms with van der Waals surface area (Å²) in [6.07, 6.45) is 4.96. The molecule has 0 unspecified atom stereocenters. The van der Waals surface area contributed by atoms with E-state index in [4.69, 9.17) is 9.47 Å². The number of hydrogen-bond acceptors (Lipinski definition) is 6. The van der Waals surface area contributed by atoms with E-state index in [1.165, 1.54) is 6.20 Å². The number of aryl methyl sites for hydroxylation is 2. The Bertz CT molecular complexity index is 1200. The van der Waals surface area contributed by atoms with Crippen LogP contribution in [0.15, 0.2) is 55.0 Å². The third kappa shape index (κ3) is 3.93. The van der Waals surface area contributed by atoms with Crippen molar-refractivity contribution in [3.05, 3.63) is 77.5 Å². The van der Waals surface area contributed by atoms with Crippen molar-refractivity contribution >= 4 is 17.2 Å². The van der Waals surface area contributed by atoms with E-state index in [0.717, 1.165) is 17.0 Å². The van der Waals surface area contributed by atoms with Gasteiger partial charge in [-0.1, -0.05) is 6.07 Å². The van der Waals surface area contributed by atoms with Crippen molar-refractivity contribution in [2.24, 2.45) is 0 Å². The van der Waals surface area contributed by atoms with Crippen LogP contribution in [0.3, 0.4) is 0 Å². The minimum Gasteiger partial charge on any atom is -0.493 e. The molecule has 4 aromatic rings. The Kier molecular flexibility index (Phi) is 5.30. The molecule has 0 aliphatic heterocycles. The van der Waals surface area contributed by atoms with Crippen LogP contribution in [-0.2, 0) is 6.61 Å². The predicted molar refractivity (Wildman–Crippen MR) is 112 cm³/mol. The Balaban J connectivity index is 1.56. The van der Waals surface area contributed by atoms with Crippen molar-refractivity contribution in [3.8, 4) is 11.5 Å². The number of carbonyl (C=O) groups excluding carboxylic acids is 1. The van der Waals surface area contributed by atoms with E-state index in [1.54, 1.807) is 42.2 Å². The molecule has 0 saturated heterocycles. The molecule has 0 fully saturated rings. The van der Waals surface area contributed by atoms with Crippen LogP contribution in [0.25, 0.3) is 5.65 Å². The summed E-state index contributed by atoms with van der Waals surface area (Å²) in [7, 11) is 1.57. The number of aromatic nitrogens is 4. The Morgan fingerprint density at radius 2 is 2.00 bits per heavy atom. The fraction of sp³-hybridized carbons (Fsp3) is 0.182. The number of pyridine rings is 1. The molecule has 8 heteroatoms. The summed E-state index contributed by atoms with van der Waals surface area (Å²) >= 11 is 0. The molecule has 30 heavy (non-hydrogen) atoms. The van der Waals surface area contributed by atoms with E-state index in [1.807, 2.05) is 32.0 Å². The number of anilines is 1. The molecule has 1 aromatic carbocycles. The lowest BCUT2D eigenvalue weighted by atomic mass is 10.2. The summed E-state index contributed by atoms with van der Waals surface area (Å²) in [5, 5.41) is 7.16. The number of carbonyl (C=O) groups is 1. The second-order valence-electron chi connectivity index (χ2n) is 6.80. The zero-order chi connectivity index (χ0) is 21.1. The number of ether oxygens (including phenoxy) is 2. The maximum atomic E-state index is 12.9. The SMILES string of the molecule is COc1ccc(NC(=O)c2cnn3c(C)cc(C)nc23)cc1OCc1cccnc1. The van der Waals surface area contributed by atoms with Gasteiger partial charge in [-0.05, 0) is 38.1 Å². The number of rotatable bonds is 6. The zero-order valence-electron chi connectivity index (χ0n) is 16.9. The quantitative estimate of drug-likeness (QED) is 0.529. The van der Waals surface area contributed by atoms with Gasteiger partial charge in [-0.3, -0.25) is 9.78 Å². The van der Waals surface area contributed by atoms with Gasteiger partial charge in [0.15, 0.2) is 17.1 Å². The monoisotopic (exact) mass is 403 g/mol. The highest BCUT2D eigenvalue weighted by Gasteiger charge is 2.16. The van der Waals surface area contributed by atoms with Crippen LogP contribution in [0, 0.1) is 13.8 Å². The molecular formula is C22H21N5O3. The number of nitrogens with zero attached hydrogens (tertiary/aromatic N) is 4. The molecule has 3 aromatic heterocycles. The fourth-order valence-corrected chi connectivity index (χ4v) is 3.14. The van der Waals surface area contributed by atoms with E-state index in [2.05, 4.69) is 20.4 Å². The van der Waals surface area contributed by atoms with Gasteiger partial charge < -0.3 is 14.8 Å². The van der Waals surface area contributed by atoms with Crippen LogP contribution in [-0.4, -0.2) is 32.6 Å². The lowest BCUT2D eigenvalue weighted by molar-refractivity contribution is 0.102. The van der Waals surface area contributed by atoms with Gasteiger partial charge in [-0.15, -0.1) is 0 Å². The van der Waals surface area contributed by atoms with Gasteiger partial charge in [0, 0.05) is 41.1 Å². The molecule has 0 saturated carbocycles. The molecule has 0 atom stereocenters. The lowest BCUT2D eigenvalue weighted by Crippen LogP contribution is -2.12. The van der Waals surface area contributed by atoms with Gasteiger partial charge >= 0.3 is 0 Å². The standard InChI is InChI=1S/C22H21N5O3/c1-14-9-15(2)27-21(25-14)18(12-24-27)22(28)26-17-6-7-19(29-3)20(10-17)30-13-16-5-4-8-23-11-16/h4-12H,13H2,1-3H3,(H,26,28). The van der Waals surface area contributed by atoms with Crippen LogP contribution in [0.2, 0.25) is 0 Å². The molecule has 3 heterocycles. The number of benzene rings is 1. The van der Waals surface area contributed by atoms with Gasteiger partial charge in [0.05, 0.1) is 13.3 Å². The number of methoxy groups -OCH3 is 1. The highest BCUT2D eigenvalue weighted by molar-refractivity contribution is 6.08. The second-order valence-corrected chi connectivity index (χ2v) is 6.80. The summed E-state index contributed by atoms with van der Waals surface area (Å²) in [5.41, 5.74) is 4.15. The molecule has 8 nitrogen and oxygen atoms in total. The van der Waals surface area contributed by atoms with Crippen molar-refractivity contribution in [1.82, 2.24) is 19.6 Å². The Labute approximate surface area is 173 Å². The van der Waals surface area contributed by atoms with Gasteiger partial charge in [0.1, 0.15) is 12.2 Å². The second kappa shape index (κ2) is 8.20. The predicted octanol–water partition coefficient (Wildman–Crippen LogP) is 3.58. The van der Waals surface area contributed by atoms with Gasteiger partial charge in [-0.2, -0.15) is 5.10 Å². The third-order valence-corrected chi connectivity index (χ3v) is 4.56. The maximum absolute atomic E-state index is 12.9. The molecule has 1 N–H and O–H groups in total. The molecule has 1 amide bonds. The summed E-state index contributed by atoms with van der Waals surface area (Å²) in [6.45, 7) is 4.14. The van der Waals surface area contributed by atoms with Gasteiger partial charge in [0.25, 0.3) is 5.91 Å². The molecule has 152 valence electrons. The van der Waals surface area contributed by atoms with Gasteiger partial charge in [0.2, 0.25) is 0 Å². The van der Waals surface area contributed by atoms with Crippen molar-refractivity contribution in [2.75, 3.05) is 12.4 Å². The number of amides is 1. The highest BCUT2D eigenvalue weighted by atomic mass is 16.5. The van der Waals surface area contributed by atoms with Crippen LogP contribution in [0.4, 0.5) is 5.69 Å². The largest absolute Gasteiger partial charge is 0.493 e. The summed E-state index contributed by atoms with van der Waals surface area (Å²) in [5.74, 6) is 0.787. The summed E-state index contributed by atoms with van der Waals surface area (Å²) in [4.78, 5) is 21.4. The Hall–Kier alpha value is -3.94. The first-order valence-corrected chi connectivity index (χ1v) is 9.38. The Morgan fingerprint density at radius 1 is 1.13 bits per heavy atom. The first-order chi connectivity index (χ1) is 14.5. The molecule has 0 aliphatic rings. The average Bonchev–Trinajstić information content (AvgIpc) is 3.17. The van der Waals surface area contributed by atoms with E-state index >= 15 is 0 Å². The van der Waals surface area contributed by atoms with Crippen LogP contribution >= 0.6 is 0 Å². The topological polar surface area (TPSA) is 90.6 Å². The molecule has 0 aliphatic carbocycles. The average molecular weight is 403 g/mol. The fourth-order valence-electron chi connectivity index (χ4n) is 3.14. The van der Waals surface area contributed by atoms with Crippen LogP contribution in [0.5, 0.6) is 11.5 Å². The minimum atomic E-state index is -0.300. The lowest BCUT2D eigenvalue weighted by Gasteiger charge is -2.13. The first kappa shape index (κ1) is 19.4. The van der Waals surface area contributed by atoms with Crippen molar-refractivity contribution in [2.45, 2.75) is 20.5 Å². The summed E-state index contributed by atoms with van der Waals surface area (Å²) in [6, 6.07) is 10.9. The first-order valence-electron chi connectivity index (χ1n) is 9.38. The van der Waals surface area contributed by atoms with Crippen molar-refractivity contribution in [1.29, 1.82) is 0 Å². The molecule has 0 radical (unpaired) electrons. The van der Waals surface area contributed by atoms with E-state index in [-0.39, 0.29) is 5.91 Å².